The Morgan fingerprint density at radius 1 is 1.28 bits per heavy atom. The van der Waals surface area contributed by atoms with E-state index in [1.165, 1.54) is 0 Å². The van der Waals surface area contributed by atoms with Gasteiger partial charge in [-0.15, -0.1) is 0 Å². The fourth-order valence-electron chi connectivity index (χ4n) is 1.29. The Balaban J connectivity index is 2.90. The molecule has 1 aliphatic heterocycles. The third-order valence-electron chi connectivity index (χ3n) is 3.49. The summed E-state index contributed by atoms with van der Waals surface area (Å²) >= 11 is 0. The quantitative estimate of drug-likeness (QED) is 0.582. The molecule has 0 atom stereocenters. The number of hydrogen-bond acceptors (Lipinski definition) is 4. The van der Waals surface area contributed by atoms with E-state index >= 15 is 0 Å². The smallest absolute Gasteiger partial charge is 0.307 e. The maximum Gasteiger partial charge on any atom is 0.307 e. The van der Waals surface area contributed by atoms with Crippen molar-refractivity contribution in [3.05, 3.63) is 11.7 Å². The zero-order valence-corrected chi connectivity index (χ0v) is 13.8. The van der Waals surface area contributed by atoms with Gasteiger partial charge >= 0.3 is 5.95 Å². The fourth-order valence-corrected chi connectivity index (χ4v) is 2.26. The molecule has 1 rings (SSSR count). The van der Waals surface area contributed by atoms with Gasteiger partial charge in [-0.1, -0.05) is 20.8 Å². The summed E-state index contributed by atoms with van der Waals surface area (Å²) in [7, 11) is -0.320. The van der Waals surface area contributed by atoms with Crippen molar-refractivity contribution >= 4 is 8.32 Å². The van der Waals surface area contributed by atoms with E-state index in [4.69, 9.17) is 18.6 Å². The molecule has 0 N–H and O–H groups in total. The van der Waals surface area contributed by atoms with Crippen molar-refractivity contribution in [2.75, 3.05) is 13.7 Å². The topological polar surface area (TPSA) is 36.9 Å². The summed E-state index contributed by atoms with van der Waals surface area (Å²) in [6.45, 7) is 15.1. The van der Waals surface area contributed by atoms with E-state index in [1.807, 2.05) is 13.8 Å². The Bertz CT molecular complexity index is 339. The summed E-state index contributed by atoms with van der Waals surface area (Å²) in [5, 5.41) is 0.117. The van der Waals surface area contributed by atoms with Crippen molar-refractivity contribution in [3.8, 4) is 0 Å². The Morgan fingerprint density at radius 3 is 2.17 bits per heavy atom. The molecule has 1 fully saturated rings. The number of methoxy groups -OCH3 is 1. The van der Waals surface area contributed by atoms with Crippen molar-refractivity contribution in [2.45, 2.75) is 58.5 Å². The van der Waals surface area contributed by atoms with Gasteiger partial charge in [0, 0.05) is 13.8 Å². The molecule has 0 amide bonds. The van der Waals surface area contributed by atoms with Crippen LogP contribution in [0.5, 0.6) is 0 Å². The number of ether oxygens (including phenoxy) is 3. The predicted molar refractivity (Wildman–Crippen MR) is 73.4 cm³/mol. The average Bonchev–Trinajstić information content (AvgIpc) is 2.53. The Morgan fingerprint density at radius 2 is 1.83 bits per heavy atom. The zero-order chi connectivity index (χ0) is 14.2. The normalized spacial score (nSPS) is 22.4. The second-order valence-corrected chi connectivity index (χ2v) is 11.3. The lowest BCUT2D eigenvalue weighted by Gasteiger charge is -2.36. The van der Waals surface area contributed by atoms with Crippen LogP contribution in [0.3, 0.4) is 0 Å². The lowest BCUT2D eigenvalue weighted by molar-refractivity contribution is -0.119. The molecule has 5 heteroatoms. The fraction of sp³-hybridized carbons (Fsp3) is 0.846. The third kappa shape index (κ3) is 3.42. The van der Waals surface area contributed by atoms with Crippen LogP contribution in [-0.4, -0.2) is 27.8 Å². The van der Waals surface area contributed by atoms with Crippen LogP contribution in [0.4, 0.5) is 0 Å². The van der Waals surface area contributed by atoms with Crippen LogP contribution < -0.4 is 0 Å². The standard InChI is InChI=1S/C13H26O4Si/c1-12(2,3)18(7,8)17-11(14-6)10-9-15-13(4,5)16-10/h9H2,1-8H3. The minimum atomic E-state index is -1.92. The van der Waals surface area contributed by atoms with Gasteiger partial charge in [0.05, 0.1) is 7.11 Å². The zero-order valence-electron chi connectivity index (χ0n) is 12.8. The SMILES string of the molecule is COC(O[Si](C)(C)C(C)(C)C)=C1COC(C)(C)O1. The molecule has 106 valence electrons. The van der Waals surface area contributed by atoms with Gasteiger partial charge in [0.15, 0.2) is 0 Å². The molecule has 4 nitrogen and oxygen atoms in total. The lowest BCUT2D eigenvalue weighted by Crippen LogP contribution is -2.41. The minimum Gasteiger partial charge on any atom is -0.516 e. The van der Waals surface area contributed by atoms with Crippen LogP contribution >= 0.6 is 0 Å². The highest BCUT2D eigenvalue weighted by molar-refractivity contribution is 6.74. The Labute approximate surface area is 111 Å². The van der Waals surface area contributed by atoms with E-state index in [2.05, 4.69) is 33.9 Å². The lowest BCUT2D eigenvalue weighted by atomic mass is 10.2. The second-order valence-electron chi connectivity index (χ2n) is 6.57. The first kappa shape index (κ1) is 15.4. The third-order valence-corrected chi connectivity index (χ3v) is 7.80. The van der Waals surface area contributed by atoms with Gasteiger partial charge in [-0.3, -0.25) is 0 Å². The minimum absolute atomic E-state index is 0.117. The molecule has 1 saturated heterocycles. The van der Waals surface area contributed by atoms with Gasteiger partial charge in [-0.2, -0.15) is 0 Å². The monoisotopic (exact) mass is 274 g/mol. The predicted octanol–water partition coefficient (Wildman–Crippen LogP) is 3.61. The van der Waals surface area contributed by atoms with Gasteiger partial charge in [0.2, 0.25) is 11.5 Å². The molecule has 18 heavy (non-hydrogen) atoms. The van der Waals surface area contributed by atoms with Crippen LogP contribution in [0.1, 0.15) is 34.6 Å². The van der Waals surface area contributed by atoms with E-state index in [1.54, 1.807) is 7.11 Å². The van der Waals surface area contributed by atoms with Crippen LogP contribution in [0, 0.1) is 0 Å². The van der Waals surface area contributed by atoms with Crippen molar-refractivity contribution in [1.82, 2.24) is 0 Å². The molecule has 0 radical (unpaired) electrons. The van der Waals surface area contributed by atoms with E-state index in [-0.39, 0.29) is 5.04 Å². The largest absolute Gasteiger partial charge is 0.516 e. The Hall–Kier alpha value is -0.683. The highest BCUT2D eigenvalue weighted by atomic mass is 28.4. The molecule has 0 aliphatic carbocycles. The summed E-state index contributed by atoms with van der Waals surface area (Å²) in [4.78, 5) is 0. The van der Waals surface area contributed by atoms with Gasteiger partial charge in [-0.25, -0.2) is 0 Å². The molecule has 0 saturated carbocycles. The maximum atomic E-state index is 6.12. The first-order chi connectivity index (χ1) is 7.98. The number of rotatable bonds is 3. The summed E-state index contributed by atoms with van der Waals surface area (Å²) in [6, 6.07) is 0. The van der Waals surface area contributed by atoms with Gasteiger partial charge < -0.3 is 18.6 Å². The molecule has 0 aromatic heterocycles. The van der Waals surface area contributed by atoms with Crippen LogP contribution in [0.15, 0.2) is 11.7 Å². The maximum absolute atomic E-state index is 6.12. The Kier molecular flexibility index (Phi) is 4.08. The molecule has 0 unspecified atom stereocenters. The average molecular weight is 274 g/mol. The highest BCUT2D eigenvalue weighted by Crippen LogP contribution is 2.39. The van der Waals surface area contributed by atoms with Crippen LogP contribution in [0.25, 0.3) is 0 Å². The molecule has 1 heterocycles. The van der Waals surface area contributed by atoms with Crippen molar-refractivity contribution in [2.24, 2.45) is 0 Å². The molecular weight excluding hydrogens is 248 g/mol. The molecule has 0 aromatic carbocycles. The molecule has 1 aliphatic rings. The summed E-state index contributed by atoms with van der Waals surface area (Å²) in [6.07, 6.45) is 0. The highest BCUT2D eigenvalue weighted by Gasteiger charge is 2.42. The van der Waals surface area contributed by atoms with Crippen molar-refractivity contribution in [3.63, 3.8) is 0 Å². The first-order valence-corrected chi connectivity index (χ1v) is 9.18. The van der Waals surface area contributed by atoms with Crippen molar-refractivity contribution in [1.29, 1.82) is 0 Å². The van der Waals surface area contributed by atoms with Crippen LogP contribution in [-0.2, 0) is 18.6 Å². The second kappa shape index (κ2) is 4.77. The summed E-state index contributed by atoms with van der Waals surface area (Å²) in [5.41, 5.74) is 0. The van der Waals surface area contributed by atoms with E-state index < -0.39 is 14.1 Å². The van der Waals surface area contributed by atoms with Crippen LogP contribution in [0.2, 0.25) is 18.1 Å². The summed E-state index contributed by atoms with van der Waals surface area (Å²) in [5.74, 6) is 0.509. The van der Waals surface area contributed by atoms with Crippen molar-refractivity contribution < 1.29 is 18.6 Å². The summed E-state index contributed by atoms with van der Waals surface area (Å²) < 4.78 is 22.7. The van der Waals surface area contributed by atoms with E-state index in [0.717, 1.165) is 0 Å². The molecule has 0 aromatic rings. The molecular formula is C13H26O4Si. The van der Waals surface area contributed by atoms with Gasteiger partial charge in [0.1, 0.15) is 6.61 Å². The van der Waals surface area contributed by atoms with E-state index in [0.29, 0.717) is 18.3 Å². The first-order valence-electron chi connectivity index (χ1n) is 6.28. The molecule has 0 spiro atoms. The van der Waals surface area contributed by atoms with Gasteiger partial charge in [0.25, 0.3) is 8.32 Å². The molecule has 0 bridgehead atoms. The van der Waals surface area contributed by atoms with E-state index in [9.17, 15) is 0 Å². The number of hydrogen-bond donors (Lipinski definition) is 0. The van der Waals surface area contributed by atoms with Gasteiger partial charge in [-0.05, 0) is 18.1 Å².